The van der Waals surface area contributed by atoms with Crippen LogP contribution >= 0.6 is 0 Å². The normalized spacial score (nSPS) is 43.6. The summed E-state index contributed by atoms with van der Waals surface area (Å²) in [5, 5.41) is 20.3. The van der Waals surface area contributed by atoms with Crippen LogP contribution in [0.15, 0.2) is 23.8 Å². The summed E-state index contributed by atoms with van der Waals surface area (Å²) < 4.78 is 5.37. The van der Waals surface area contributed by atoms with E-state index < -0.39 is 6.10 Å². The van der Waals surface area contributed by atoms with E-state index in [1.54, 1.807) is 0 Å². The molecule has 0 aromatic rings. The van der Waals surface area contributed by atoms with Crippen LogP contribution in [0.2, 0.25) is 0 Å². The van der Waals surface area contributed by atoms with Crippen molar-refractivity contribution >= 4 is 5.97 Å². The third kappa shape index (κ3) is 3.69. The van der Waals surface area contributed by atoms with Crippen molar-refractivity contribution in [2.45, 2.75) is 64.3 Å². The first-order valence-electron chi connectivity index (χ1n) is 8.89. The van der Waals surface area contributed by atoms with E-state index in [-0.39, 0.29) is 30.5 Å². The first kappa shape index (κ1) is 16.7. The summed E-state index contributed by atoms with van der Waals surface area (Å²) in [6.45, 7) is 4.35. The maximum Gasteiger partial charge on any atom is 0.308 e. The predicted molar refractivity (Wildman–Crippen MR) is 87.5 cm³/mol. The fourth-order valence-corrected chi connectivity index (χ4v) is 4.55. The molecule has 4 heteroatoms. The SMILES string of the molecule is C[C@H]1C=C2C=C[C@H](C)[C@H](CC[C@@H]3C[C@H](O)CC(=O)O3)C2[C@@H](O)C1. The molecule has 0 saturated carbocycles. The van der Waals surface area contributed by atoms with Gasteiger partial charge in [0, 0.05) is 12.3 Å². The Morgan fingerprint density at radius 1 is 1.22 bits per heavy atom. The van der Waals surface area contributed by atoms with E-state index in [2.05, 4.69) is 32.1 Å². The molecule has 0 amide bonds. The second kappa shape index (κ2) is 6.78. The van der Waals surface area contributed by atoms with Gasteiger partial charge in [-0.25, -0.2) is 0 Å². The lowest BCUT2D eigenvalue weighted by Crippen LogP contribution is -2.39. The van der Waals surface area contributed by atoms with E-state index in [4.69, 9.17) is 4.74 Å². The number of allylic oxidation sites excluding steroid dienone is 3. The molecular formula is C19H28O4. The minimum atomic E-state index is -0.568. The fourth-order valence-electron chi connectivity index (χ4n) is 4.55. The van der Waals surface area contributed by atoms with Crippen molar-refractivity contribution < 1.29 is 19.7 Å². The Morgan fingerprint density at radius 2 is 2.00 bits per heavy atom. The number of aliphatic hydroxyl groups is 2. The van der Waals surface area contributed by atoms with Gasteiger partial charge in [-0.1, -0.05) is 32.1 Å². The van der Waals surface area contributed by atoms with Gasteiger partial charge < -0.3 is 14.9 Å². The highest BCUT2D eigenvalue weighted by molar-refractivity contribution is 5.70. The minimum absolute atomic E-state index is 0.116. The van der Waals surface area contributed by atoms with Gasteiger partial charge >= 0.3 is 5.97 Å². The molecule has 0 aromatic heterocycles. The highest BCUT2D eigenvalue weighted by Gasteiger charge is 2.39. The lowest BCUT2D eigenvalue weighted by molar-refractivity contribution is -0.160. The molecule has 2 aliphatic carbocycles. The number of carbonyl (C=O) groups is 1. The highest BCUT2D eigenvalue weighted by Crippen LogP contribution is 2.43. The van der Waals surface area contributed by atoms with Crippen LogP contribution in [-0.2, 0) is 9.53 Å². The third-order valence-electron chi connectivity index (χ3n) is 5.68. The number of hydrogen-bond acceptors (Lipinski definition) is 4. The average Bonchev–Trinajstić information content (AvgIpc) is 2.45. The second-order valence-corrected chi connectivity index (χ2v) is 7.64. The molecule has 3 aliphatic rings. The minimum Gasteiger partial charge on any atom is -0.462 e. The maximum absolute atomic E-state index is 11.5. The third-order valence-corrected chi connectivity index (χ3v) is 5.68. The van der Waals surface area contributed by atoms with E-state index in [9.17, 15) is 15.0 Å². The Bertz CT molecular complexity index is 509. The average molecular weight is 320 g/mol. The molecule has 0 radical (unpaired) electrons. The molecule has 23 heavy (non-hydrogen) atoms. The van der Waals surface area contributed by atoms with Crippen molar-refractivity contribution in [2.24, 2.45) is 23.7 Å². The summed E-state index contributed by atoms with van der Waals surface area (Å²) in [7, 11) is 0. The van der Waals surface area contributed by atoms with Gasteiger partial charge in [-0.15, -0.1) is 0 Å². The molecule has 128 valence electrons. The molecule has 1 unspecified atom stereocenters. The largest absolute Gasteiger partial charge is 0.462 e. The number of fused-ring (bicyclic) bond motifs is 1. The Labute approximate surface area is 138 Å². The molecule has 1 fully saturated rings. The smallest absolute Gasteiger partial charge is 0.308 e. The molecule has 0 spiro atoms. The number of ether oxygens (including phenoxy) is 1. The zero-order valence-electron chi connectivity index (χ0n) is 14.0. The number of hydrogen-bond donors (Lipinski definition) is 2. The van der Waals surface area contributed by atoms with Crippen LogP contribution in [-0.4, -0.2) is 34.5 Å². The quantitative estimate of drug-likeness (QED) is 0.785. The van der Waals surface area contributed by atoms with Gasteiger partial charge in [-0.2, -0.15) is 0 Å². The first-order chi connectivity index (χ1) is 10.9. The van der Waals surface area contributed by atoms with E-state index in [1.807, 2.05) is 0 Å². The zero-order valence-corrected chi connectivity index (χ0v) is 14.0. The lowest BCUT2D eigenvalue weighted by Gasteiger charge is -2.42. The highest BCUT2D eigenvalue weighted by atomic mass is 16.5. The summed E-state index contributed by atoms with van der Waals surface area (Å²) in [5.41, 5.74) is 1.26. The van der Waals surface area contributed by atoms with E-state index in [0.29, 0.717) is 24.2 Å². The van der Waals surface area contributed by atoms with Crippen molar-refractivity contribution in [1.82, 2.24) is 0 Å². The van der Waals surface area contributed by atoms with Crippen LogP contribution in [0.3, 0.4) is 0 Å². The topological polar surface area (TPSA) is 66.8 Å². The maximum atomic E-state index is 11.5. The Hall–Kier alpha value is -1.13. The van der Waals surface area contributed by atoms with Crippen LogP contribution in [0, 0.1) is 23.7 Å². The van der Waals surface area contributed by atoms with E-state index in [1.165, 1.54) is 5.57 Å². The molecule has 3 rings (SSSR count). The van der Waals surface area contributed by atoms with Gasteiger partial charge in [-0.05, 0) is 42.6 Å². The van der Waals surface area contributed by atoms with E-state index in [0.717, 1.165) is 19.3 Å². The van der Waals surface area contributed by atoms with Crippen molar-refractivity contribution in [3.63, 3.8) is 0 Å². The summed E-state index contributed by atoms with van der Waals surface area (Å²) in [6.07, 6.45) is 8.80. The van der Waals surface area contributed by atoms with Crippen LogP contribution in [0.25, 0.3) is 0 Å². The van der Waals surface area contributed by atoms with Gasteiger partial charge in [-0.3, -0.25) is 4.79 Å². The molecule has 7 atom stereocenters. The summed E-state index contributed by atoms with van der Waals surface area (Å²) >= 11 is 0. The van der Waals surface area contributed by atoms with Gasteiger partial charge in [0.1, 0.15) is 6.10 Å². The van der Waals surface area contributed by atoms with Crippen LogP contribution in [0.4, 0.5) is 0 Å². The van der Waals surface area contributed by atoms with Gasteiger partial charge in [0.05, 0.1) is 18.6 Å². The van der Waals surface area contributed by atoms with Crippen LogP contribution in [0.1, 0.15) is 46.0 Å². The predicted octanol–water partition coefficient (Wildman–Crippen LogP) is 2.60. The zero-order chi connectivity index (χ0) is 16.6. The molecule has 1 heterocycles. The van der Waals surface area contributed by atoms with Crippen molar-refractivity contribution in [1.29, 1.82) is 0 Å². The fraction of sp³-hybridized carbons (Fsp3) is 0.737. The standard InChI is InChI=1S/C19H28O4/c1-11-7-13-4-3-12(2)16(19(13)17(21)8-11)6-5-15-9-14(20)10-18(22)23-15/h3-4,7,11-12,14-17,19-21H,5-6,8-10H2,1-2H3/t11-,12-,14-,15+,16-,17-,19?/m0/s1. The molecular weight excluding hydrogens is 292 g/mol. The monoisotopic (exact) mass is 320 g/mol. The summed E-state index contributed by atoms with van der Waals surface area (Å²) in [4.78, 5) is 11.5. The number of esters is 1. The van der Waals surface area contributed by atoms with Crippen LogP contribution < -0.4 is 0 Å². The Morgan fingerprint density at radius 3 is 2.74 bits per heavy atom. The lowest BCUT2D eigenvalue weighted by atomic mass is 9.65. The molecule has 1 aliphatic heterocycles. The number of rotatable bonds is 3. The molecule has 4 nitrogen and oxygen atoms in total. The van der Waals surface area contributed by atoms with Crippen molar-refractivity contribution in [3.05, 3.63) is 23.8 Å². The second-order valence-electron chi connectivity index (χ2n) is 7.64. The van der Waals surface area contributed by atoms with Crippen molar-refractivity contribution in [2.75, 3.05) is 0 Å². The van der Waals surface area contributed by atoms with Crippen molar-refractivity contribution in [3.8, 4) is 0 Å². The summed E-state index contributed by atoms with van der Waals surface area (Å²) in [6, 6.07) is 0. The Kier molecular flexibility index (Phi) is 4.93. The first-order valence-corrected chi connectivity index (χ1v) is 8.89. The number of carbonyl (C=O) groups excluding carboxylic acids is 1. The molecule has 1 saturated heterocycles. The molecule has 0 aromatic carbocycles. The Balaban J connectivity index is 1.67. The molecule has 0 bridgehead atoms. The van der Waals surface area contributed by atoms with Gasteiger partial charge in [0.25, 0.3) is 0 Å². The summed E-state index contributed by atoms with van der Waals surface area (Å²) in [5.74, 6) is 1.09. The van der Waals surface area contributed by atoms with E-state index >= 15 is 0 Å². The van der Waals surface area contributed by atoms with Gasteiger partial charge in [0.2, 0.25) is 0 Å². The molecule has 2 N–H and O–H groups in total. The number of cyclic esters (lactones) is 1. The van der Waals surface area contributed by atoms with Crippen LogP contribution in [0.5, 0.6) is 0 Å². The van der Waals surface area contributed by atoms with Gasteiger partial charge in [0.15, 0.2) is 0 Å². The number of aliphatic hydroxyl groups excluding tert-OH is 2.